The summed E-state index contributed by atoms with van der Waals surface area (Å²) in [6.07, 6.45) is 2.24. The van der Waals surface area contributed by atoms with E-state index < -0.39 is 0 Å². The summed E-state index contributed by atoms with van der Waals surface area (Å²) in [5.74, 6) is 1.07. The van der Waals surface area contributed by atoms with Gasteiger partial charge in [-0.1, -0.05) is 6.07 Å². The molecule has 3 atom stereocenters. The van der Waals surface area contributed by atoms with E-state index in [1.54, 1.807) is 0 Å². The summed E-state index contributed by atoms with van der Waals surface area (Å²) in [5.41, 5.74) is 11.1. The number of aromatic nitrogens is 2. The van der Waals surface area contributed by atoms with Gasteiger partial charge in [0.2, 0.25) is 0 Å². The maximum absolute atomic E-state index is 12.9. The van der Waals surface area contributed by atoms with Crippen LogP contribution in [-0.4, -0.2) is 39.7 Å². The normalized spacial score (nSPS) is 24.5. The third-order valence-corrected chi connectivity index (χ3v) is 5.76. The fraction of sp³-hybridized carbons (Fsp3) is 0.500. The number of nitrogens with two attached hydrogens (primary N) is 1. The lowest BCUT2D eigenvalue weighted by Crippen LogP contribution is -2.33. The fourth-order valence-corrected chi connectivity index (χ4v) is 4.55. The highest BCUT2D eigenvalue weighted by Gasteiger charge is 2.43. The number of rotatable bonds is 2. The van der Waals surface area contributed by atoms with Crippen LogP contribution in [0.4, 0.5) is 0 Å². The Morgan fingerprint density at radius 1 is 1.08 bits per heavy atom. The number of hydrogen-bond donors (Lipinski definition) is 1. The van der Waals surface area contributed by atoms with Crippen LogP contribution in [0.2, 0.25) is 0 Å². The van der Waals surface area contributed by atoms with Crippen molar-refractivity contribution in [3.8, 4) is 5.69 Å². The number of nitrogens with zero attached hydrogens (tertiary/aromatic N) is 3. The highest BCUT2D eigenvalue weighted by Crippen LogP contribution is 2.37. The number of aryl methyl sites for hydroxylation is 3. The van der Waals surface area contributed by atoms with Crippen molar-refractivity contribution >= 4 is 18.3 Å². The molecule has 3 unspecified atom stereocenters. The van der Waals surface area contributed by atoms with Crippen molar-refractivity contribution < 1.29 is 4.79 Å². The number of carbonyl (C=O) groups excluding carboxylic acids is 1. The topological polar surface area (TPSA) is 64.2 Å². The molecule has 0 spiro atoms. The zero-order valence-corrected chi connectivity index (χ0v) is 16.4. The molecule has 26 heavy (non-hydrogen) atoms. The van der Waals surface area contributed by atoms with Crippen molar-refractivity contribution in [2.24, 2.45) is 17.6 Å². The Kier molecular flexibility index (Phi) is 5.13. The molecule has 6 heteroatoms. The first kappa shape index (κ1) is 18.9. The van der Waals surface area contributed by atoms with E-state index >= 15 is 0 Å². The molecule has 0 radical (unpaired) electrons. The van der Waals surface area contributed by atoms with Gasteiger partial charge in [0, 0.05) is 24.8 Å². The van der Waals surface area contributed by atoms with Gasteiger partial charge in [-0.3, -0.25) is 4.79 Å². The number of fused-ring (bicyclic) bond motifs is 1. The van der Waals surface area contributed by atoms with Gasteiger partial charge in [-0.2, -0.15) is 5.10 Å². The molecule has 1 saturated carbocycles. The maximum atomic E-state index is 12.9. The van der Waals surface area contributed by atoms with Crippen molar-refractivity contribution in [2.45, 2.75) is 39.7 Å². The van der Waals surface area contributed by atoms with E-state index in [9.17, 15) is 4.79 Å². The molecule has 4 rings (SSSR count). The maximum Gasteiger partial charge on any atom is 0.274 e. The van der Waals surface area contributed by atoms with Crippen molar-refractivity contribution in [2.75, 3.05) is 13.1 Å². The second kappa shape index (κ2) is 7.05. The summed E-state index contributed by atoms with van der Waals surface area (Å²) in [4.78, 5) is 14.9. The molecule has 1 aliphatic heterocycles. The third-order valence-electron chi connectivity index (χ3n) is 5.76. The Hall–Kier alpha value is -1.85. The molecule has 2 fully saturated rings. The van der Waals surface area contributed by atoms with Gasteiger partial charge in [0.25, 0.3) is 5.91 Å². The van der Waals surface area contributed by atoms with Gasteiger partial charge in [0.15, 0.2) is 5.69 Å². The molecule has 2 N–H and O–H groups in total. The standard InChI is InChI=1S/C20H26N4O.ClH/c1-12-6-13(2)8-16(7-12)24-14(3)9-19(22-24)20(25)23-10-15-4-5-18(21)17(15)11-23;/h6-9,15,17-18H,4-5,10-11,21H2,1-3H3;1H. The predicted molar refractivity (Wildman–Crippen MR) is 105 cm³/mol. The minimum atomic E-state index is 0. The first-order valence-electron chi connectivity index (χ1n) is 9.12. The largest absolute Gasteiger partial charge is 0.337 e. The van der Waals surface area contributed by atoms with E-state index in [0.29, 0.717) is 17.5 Å². The van der Waals surface area contributed by atoms with Crippen molar-refractivity contribution in [1.82, 2.24) is 14.7 Å². The second-order valence-corrected chi connectivity index (χ2v) is 7.80. The molecule has 1 aliphatic carbocycles. The molecule has 140 valence electrons. The fourth-order valence-electron chi connectivity index (χ4n) is 4.55. The van der Waals surface area contributed by atoms with Crippen molar-refractivity contribution in [3.63, 3.8) is 0 Å². The minimum absolute atomic E-state index is 0. The monoisotopic (exact) mass is 374 g/mol. The molecule has 1 aromatic carbocycles. The third kappa shape index (κ3) is 3.26. The minimum Gasteiger partial charge on any atom is -0.337 e. The van der Waals surface area contributed by atoms with Gasteiger partial charge >= 0.3 is 0 Å². The zero-order chi connectivity index (χ0) is 17.7. The van der Waals surface area contributed by atoms with E-state index in [1.165, 1.54) is 11.1 Å². The van der Waals surface area contributed by atoms with Crippen LogP contribution in [-0.2, 0) is 0 Å². The van der Waals surface area contributed by atoms with Gasteiger partial charge in [0.05, 0.1) is 5.69 Å². The highest BCUT2D eigenvalue weighted by atomic mass is 35.5. The lowest BCUT2D eigenvalue weighted by molar-refractivity contribution is 0.0773. The van der Waals surface area contributed by atoms with Gasteiger partial charge in [0.1, 0.15) is 0 Å². The smallest absolute Gasteiger partial charge is 0.274 e. The van der Waals surface area contributed by atoms with Crippen LogP contribution in [0.3, 0.4) is 0 Å². The first-order chi connectivity index (χ1) is 11.9. The lowest BCUT2D eigenvalue weighted by Gasteiger charge is -2.17. The molecule has 2 heterocycles. The Morgan fingerprint density at radius 2 is 1.77 bits per heavy atom. The number of hydrogen-bond acceptors (Lipinski definition) is 3. The van der Waals surface area contributed by atoms with Crippen molar-refractivity contribution in [3.05, 3.63) is 46.8 Å². The van der Waals surface area contributed by atoms with Crippen molar-refractivity contribution in [1.29, 1.82) is 0 Å². The van der Waals surface area contributed by atoms with E-state index in [0.717, 1.165) is 37.3 Å². The molecule has 1 aromatic heterocycles. The number of halogens is 1. The number of amides is 1. The Balaban J connectivity index is 0.00000196. The van der Waals surface area contributed by atoms with Crippen LogP contribution in [0.1, 0.15) is 40.2 Å². The lowest BCUT2D eigenvalue weighted by atomic mass is 9.98. The molecule has 1 saturated heterocycles. The van der Waals surface area contributed by atoms with Crippen LogP contribution in [0, 0.1) is 32.6 Å². The number of benzene rings is 1. The Morgan fingerprint density at radius 3 is 2.42 bits per heavy atom. The van der Waals surface area contributed by atoms with Crippen LogP contribution in [0.25, 0.3) is 5.69 Å². The molecule has 0 bridgehead atoms. The number of carbonyl (C=O) groups is 1. The van der Waals surface area contributed by atoms with Gasteiger partial charge in [-0.25, -0.2) is 4.68 Å². The van der Waals surface area contributed by atoms with Gasteiger partial charge in [-0.05, 0) is 74.8 Å². The quantitative estimate of drug-likeness (QED) is 0.878. The second-order valence-electron chi connectivity index (χ2n) is 7.80. The molecule has 5 nitrogen and oxygen atoms in total. The molecule has 2 aromatic rings. The van der Waals surface area contributed by atoms with E-state index in [-0.39, 0.29) is 24.4 Å². The average molecular weight is 375 g/mol. The molecule has 2 aliphatic rings. The van der Waals surface area contributed by atoms with E-state index in [2.05, 4.69) is 37.1 Å². The van der Waals surface area contributed by atoms with Gasteiger partial charge < -0.3 is 10.6 Å². The summed E-state index contributed by atoms with van der Waals surface area (Å²) in [6.45, 7) is 7.75. The zero-order valence-electron chi connectivity index (χ0n) is 15.6. The summed E-state index contributed by atoms with van der Waals surface area (Å²) in [7, 11) is 0. The SMILES string of the molecule is Cc1cc(C)cc(-n2nc(C(=O)N3CC4CCC(N)C4C3)cc2C)c1.Cl. The van der Waals surface area contributed by atoms with Crippen LogP contribution >= 0.6 is 12.4 Å². The summed E-state index contributed by atoms with van der Waals surface area (Å²) in [6, 6.07) is 8.48. The summed E-state index contributed by atoms with van der Waals surface area (Å²) in [5, 5.41) is 4.61. The van der Waals surface area contributed by atoms with Gasteiger partial charge in [-0.15, -0.1) is 12.4 Å². The predicted octanol–water partition coefficient (Wildman–Crippen LogP) is 3.03. The molecule has 1 amide bonds. The Bertz CT molecular complexity index is 811. The highest BCUT2D eigenvalue weighted by molar-refractivity contribution is 5.92. The molecular weight excluding hydrogens is 348 g/mol. The first-order valence-corrected chi connectivity index (χ1v) is 9.12. The summed E-state index contributed by atoms with van der Waals surface area (Å²) < 4.78 is 1.87. The van der Waals surface area contributed by atoms with Crippen LogP contribution < -0.4 is 5.73 Å². The summed E-state index contributed by atoms with van der Waals surface area (Å²) >= 11 is 0. The Labute approximate surface area is 161 Å². The molecular formula is C20H27ClN4O. The van der Waals surface area contributed by atoms with Crippen LogP contribution in [0.15, 0.2) is 24.3 Å². The van der Waals surface area contributed by atoms with E-state index in [1.807, 2.05) is 22.6 Å². The number of likely N-dealkylation sites (tertiary alicyclic amines) is 1. The average Bonchev–Trinajstić information content (AvgIpc) is 3.22. The van der Waals surface area contributed by atoms with Crippen LogP contribution in [0.5, 0.6) is 0 Å². The van der Waals surface area contributed by atoms with E-state index in [4.69, 9.17) is 5.73 Å².